The molecule has 0 fully saturated rings. The van der Waals surface area contributed by atoms with Crippen molar-refractivity contribution in [1.82, 2.24) is 0 Å². The second-order valence-corrected chi connectivity index (χ2v) is 11.2. The number of nitrogens with two attached hydrogens (primary N) is 2. The van der Waals surface area contributed by atoms with Gasteiger partial charge in [-0.05, 0) is 95.3 Å². The van der Waals surface area contributed by atoms with E-state index in [2.05, 4.69) is 107 Å². The van der Waals surface area contributed by atoms with Crippen molar-refractivity contribution in [3.8, 4) is 11.1 Å². The fourth-order valence-electron chi connectivity index (χ4n) is 5.25. The molecule has 0 saturated heterocycles. The summed E-state index contributed by atoms with van der Waals surface area (Å²) in [6.07, 6.45) is 3.31. The van der Waals surface area contributed by atoms with Crippen LogP contribution in [0.4, 0.5) is 0 Å². The fourth-order valence-corrected chi connectivity index (χ4v) is 5.25. The maximum Gasteiger partial charge on any atom is -0.000813 e. The van der Waals surface area contributed by atoms with Gasteiger partial charge in [0.15, 0.2) is 0 Å². The molecule has 2 nitrogen and oxygen atoms in total. The summed E-state index contributed by atoms with van der Waals surface area (Å²) in [7, 11) is 0. The van der Waals surface area contributed by atoms with Gasteiger partial charge < -0.3 is 11.5 Å². The highest BCUT2D eigenvalue weighted by Gasteiger charge is 2.16. The smallest absolute Gasteiger partial charge is 0.000813 e. The van der Waals surface area contributed by atoms with E-state index in [4.69, 9.17) is 11.5 Å². The van der Waals surface area contributed by atoms with Gasteiger partial charge in [0.2, 0.25) is 0 Å². The number of rotatable bonds is 12. The highest BCUT2D eigenvalue weighted by Crippen LogP contribution is 2.30. The van der Waals surface area contributed by atoms with Crippen LogP contribution in [-0.4, -0.2) is 13.1 Å². The van der Waals surface area contributed by atoms with E-state index in [9.17, 15) is 0 Å². The Hall–Kier alpha value is -2.42. The first-order chi connectivity index (χ1) is 16.8. The van der Waals surface area contributed by atoms with Gasteiger partial charge in [0.05, 0.1) is 0 Å². The lowest BCUT2D eigenvalue weighted by molar-refractivity contribution is 0.467. The first kappa shape index (κ1) is 27.2. The summed E-state index contributed by atoms with van der Waals surface area (Å²) >= 11 is 0. The Morgan fingerprint density at radius 1 is 0.600 bits per heavy atom. The van der Waals surface area contributed by atoms with Crippen LogP contribution in [0.25, 0.3) is 11.1 Å². The molecule has 4 N–H and O–H groups in total. The Bertz CT molecular complexity index is 1030. The highest BCUT2D eigenvalue weighted by atomic mass is 14.6. The Balaban J connectivity index is 1.66. The van der Waals surface area contributed by atoms with Crippen molar-refractivity contribution in [2.75, 3.05) is 13.1 Å². The van der Waals surface area contributed by atoms with Gasteiger partial charge in [-0.15, -0.1) is 0 Å². The predicted molar refractivity (Wildman–Crippen MR) is 153 cm³/mol. The Labute approximate surface area is 214 Å². The van der Waals surface area contributed by atoms with E-state index in [0.717, 1.165) is 19.3 Å². The van der Waals surface area contributed by atoms with Crippen molar-refractivity contribution in [3.63, 3.8) is 0 Å². The van der Waals surface area contributed by atoms with Gasteiger partial charge in [-0.25, -0.2) is 0 Å². The van der Waals surface area contributed by atoms with E-state index in [1.807, 2.05) is 0 Å². The molecule has 0 spiro atoms. The molecule has 0 bridgehead atoms. The molecular formula is C33H46N2. The van der Waals surface area contributed by atoms with Crippen LogP contribution in [0.3, 0.4) is 0 Å². The summed E-state index contributed by atoms with van der Waals surface area (Å²) in [6.45, 7) is 12.8. The molecule has 0 heterocycles. The highest BCUT2D eigenvalue weighted by molar-refractivity contribution is 5.64. The summed E-state index contributed by atoms with van der Waals surface area (Å²) in [6, 6.07) is 27.1. The number of hydrogen-bond acceptors (Lipinski definition) is 2. The Morgan fingerprint density at radius 2 is 1.17 bits per heavy atom. The maximum atomic E-state index is 6.22. The number of benzene rings is 3. The van der Waals surface area contributed by atoms with E-state index in [0.29, 0.717) is 42.7 Å². The quantitative estimate of drug-likeness (QED) is 0.283. The van der Waals surface area contributed by atoms with Crippen LogP contribution in [0, 0.1) is 11.8 Å². The molecular weight excluding hydrogens is 424 g/mol. The molecule has 0 aliphatic rings. The molecule has 3 aromatic carbocycles. The molecule has 188 valence electrons. The molecule has 0 aromatic heterocycles. The van der Waals surface area contributed by atoms with E-state index >= 15 is 0 Å². The first-order valence-electron chi connectivity index (χ1n) is 13.5. The molecule has 2 heteroatoms. The van der Waals surface area contributed by atoms with Crippen molar-refractivity contribution in [3.05, 3.63) is 95.1 Å². The fraction of sp³-hybridized carbons (Fsp3) is 0.455. The van der Waals surface area contributed by atoms with Gasteiger partial charge in [-0.3, -0.25) is 0 Å². The molecule has 0 aliphatic heterocycles. The van der Waals surface area contributed by atoms with Crippen LogP contribution >= 0.6 is 0 Å². The second-order valence-electron chi connectivity index (χ2n) is 11.2. The normalized spacial score (nSPS) is 14.3. The minimum atomic E-state index is 0.409. The van der Waals surface area contributed by atoms with Gasteiger partial charge in [-0.2, -0.15) is 0 Å². The SMILES string of the molecule is CC(C)C[C@@H](CN)c1cccc(-c2ccc(CC(C)C[C@@H](CN)c3cccc(C(C)C)c3)cc2)c1. The van der Waals surface area contributed by atoms with Crippen molar-refractivity contribution in [2.45, 2.75) is 71.6 Å². The molecule has 1 unspecified atom stereocenters. The monoisotopic (exact) mass is 470 g/mol. The molecule has 0 radical (unpaired) electrons. The third-order valence-electron chi connectivity index (χ3n) is 7.29. The molecule has 0 amide bonds. The summed E-state index contributed by atoms with van der Waals surface area (Å²) in [4.78, 5) is 0. The van der Waals surface area contributed by atoms with Crippen LogP contribution in [0.15, 0.2) is 72.8 Å². The summed E-state index contributed by atoms with van der Waals surface area (Å²) < 4.78 is 0. The van der Waals surface area contributed by atoms with Gasteiger partial charge in [0.1, 0.15) is 0 Å². The van der Waals surface area contributed by atoms with Crippen molar-refractivity contribution in [2.24, 2.45) is 23.3 Å². The zero-order valence-corrected chi connectivity index (χ0v) is 22.5. The topological polar surface area (TPSA) is 52.0 Å². The lowest BCUT2D eigenvalue weighted by Gasteiger charge is -2.21. The summed E-state index contributed by atoms with van der Waals surface area (Å²) in [5.74, 6) is 2.59. The van der Waals surface area contributed by atoms with Gasteiger partial charge >= 0.3 is 0 Å². The molecule has 0 aliphatic carbocycles. The minimum Gasteiger partial charge on any atom is -0.330 e. The lowest BCUT2D eigenvalue weighted by atomic mass is 9.85. The third-order valence-corrected chi connectivity index (χ3v) is 7.29. The molecule has 3 atom stereocenters. The van der Waals surface area contributed by atoms with Crippen LogP contribution in [0.2, 0.25) is 0 Å². The van der Waals surface area contributed by atoms with Crippen molar-refractivity contribution < 1.29 is 0 Å². The van der Waals surface area contributed by atoms with E-state index in [1.54, 1.807) is 0 Å². The van der Waals surface area contributed by atoms with Crippen molar-refractivity contribution >= 4 is 0 Å². The molecule has 35 heavy (non-hydrogen) atoms. The Kier molecular flexibility index (Phi) is 10.1. The first-order valence-corrected chi connectivity index (χ1v) is 13.5. The van der Waals surface area contributed by atoms with E-state index in [1.165, 1.54) is 33.4 Å². The molecule has 0 saturated carbocycles. The van der Waals surface area contributed by atoms with Gasteiger partial charge in [0, 0.05) is 0 Å². The van der Waals surface area contributed by atoms with Crippen LogP contribution in [0.5, 0.6) is 0 Å². The zero-order valence-electron chi connectivity index (χ0n) is 22.5. The number of hydrogen-bond donors (Lipinski definition) is 2. The molecule has 3 aromatic rings. The van der Waals surface area contributed by atoms with Gasteiger partial charge in [-0.1, -0.05) is 107 Å². The van der Waals surface area contributed by atoms with Crippen LogP contribution in [0.1, 0.15) is 87.5 Å². The van der Waals surface area contributed by atoms with E-state index in [-0.39, 0.29) is 0 Å². The standard InChI is InChI=1S/C33H46N2/c1-23(2)16-32(21-34)31-11-7-9-29(20-31)27-14-12-26(13-15-27)17-25(5)18-33(22-35)30-10-6-8-28(19-30)24(3)4/h6-15,19-20,23-25,32-33H,16-18,21-22,34-35H2,1-5H3/t25?,32-,33-/m0/s1. The van der Waals surface area contributed by atoms with Crippen molar-refractivity contribution in [1.29, 1.82) is 0 Å². The van der Waals surface area contributed by atoms with E-state index < -0.39 is 0 Å². The maximum absolute atomic E-state index is 6.22. The Morgan fingerprint density at radius 3 is 1.77 bits per heavy atom. The summed E-state index contributed by atoms with van der Waals surface area (Å²) in [5.41, 5.74) is 20.4. The minimum absolute atomic E-state index is 0.409. The molecule has 3 rings (SSSR count). The van der Waals surface area contributed by atoms with Crippen LogP contribution in [-0.2, 0) is 6.42 Å². The average Bonchev–Trinajstić information content (AvgIpc) is 2.86. The average molecular weight is 471 g/mol. The van der Waals surface area contributed by atoms with Crippen LogP contribution < -0.4 is 11.5 Å². The van der Waals surface area contributed by atoms with Gasteiger partial charge in [0.25, 0.3) is 0 Å². The summed E-state index contributed by atoms with van der Waals surface area (Å²) in [5, 5.41) is 0. The lowest BCUT2D eigenvalue weighted by Crippen LogP contribution is -2.17. The third kappa shape index (κ3) is 7.78. The zero-order chi connectivity index (χ0) is 25.4. The second kappa shape index (κ2) is 13.0. The predicted octanol–water partition coefficient (Wildman–Crippen LogP) is 7.88. The largest absolute Gasteiger partial charge is 0.330 e.